The van der Waals surface area contributed by atoms with Crippen LogP contribution in [0.4, 0.5) is 0 Å². The Hall–Kier alpha value is -2.37. The van der Waals surface area contributed by atoms with Crippen molar-refractivity contribution in [3.63, 3.8) is 0 Å². The number of hydrogen-bond acceptors (Lipinski definition) is 4. The van der Waals surface area contributed by atoms with Crippen molar-refractivity contribution in [3.8, 4) is 5.75 Å². The van der Waals surface area contributed by atoms with E-state index < -0.39 is 5.97 Å². The van der Waals surface area contributed by atoms with Gasteiger partial charge in [0.25, 0.3) is 0 Å². The van der Waals surface area contributed by atoms with Crippen LogP contribution in [-0.2, 0) is 17.7 Å². The first-order valence-corrected chi connectivity index (χ1v) is 11.1. The van der Waals surface area contributed by atoms with E-state index in [9.17, 15) is 9.90 Å². The molecule has 2 aliphatic rings. The van der Waals surface area contributed by atoms with E-state index in [-0.39, 0.29) is 5.56 Å². The molecule has 0 atom stereocenters. The van der Waals surface area contributed by atoms with E-state index >= 15 is 0 Å². The number of hydrogen-bond donors (Lipinski definition) is 1. The third kappa shape index (κ3) is 5.41. The molecule has 2 aromatic rings. The maximum absolute atomic E-state index is 11.4. The molecule has 5 heteroatoms. The van der Waals surface area contributed by atoms with Gasteiger partial charge in [0.2, 0.25) is 0 Å². The van der Waals surface area contributed by atoms with Crippen LogP contribution in [0.1, 0.15) is 59.2 Å². The van der Waals surface area contributed by atoms with Crippen molar-refractivity contribution < 1.29 is 19.4 Å². The molecule has 1 fully saturated rings. The summed E-state index contributed by atoms with van der Waals surface area (Å²) in [6.45, 7) is 3.56. The summed E-state index contributed by atoms with van der Waals surface area (Å²) in [6, 6.07) is 14.4. The van der Waals surface area contributed by atoms with Crippen molar-refractivity contribution in [1.29, 1.82) is 0 Å². The minimum Gasteiger partial charge on any atom is -0.491 e. The lowest BCUT2D eigenvalue weighted by Gasteiger charge is -2.34. The van der Waals surface area contributed by atoms with Gasteiger partial charge in [0.1, 0.15) is 12.4 Å². The SMILES string of the molecule is O=C(O)c1ccc2c(c1)Cc1cccc(c1)CN(C1CCCCC1)CCOCCO2. The predicted octanol–water partition coefficient (Wildman–Crippen LogP) is 4.52. The fourth-order valence-electron chi connectivity index (χ4n) is 4.62. The zero-order chi connectivity index (χ0) is 20.8. The van der Waals surface area contributed by atoms with E-state index in [2.05, 4.69) is 29.2 Å². The summed E-state index contributed by atoms with van der Waals surface area (Å²) in [6.07, 6.45) is 7.18. The van der Waals surface area contributed by atoms with Gasteiger partial charge in [0, 0.05) is 25.6 Å². The monoisotopic (exact) mass is 409 g/mol. The highest BCUT2D eigenvalue weighted by Crippen LogP contribution is 2.26. The molecule has 0 radical (unpaired) electrons. The smallest absolute Gasteiger partial charge is 0.335 e. The van der Waals surface area contributed by atoms with Crippen LogP contribution >= 0.6 is 0 Å². The first kappa shape index (κ1) is 20.9. The Morgan fingerprint density at radius 3 is 2.63 bits per heavy atom. The number of carbonyl (C=O) groups is 1. The van der Waals surface area contributed by atoms with Gasteiger partial charge < -0.3 is 14.6 Å². The van der Waals surface area contributed by atoms with Crippen molar-refractivity contribution in [3.05, 3.63) is 64.7 Å². The van der Waals surface area contributed by atoms with Gasteiger partial charge in [-0.15, -0.1) is 0 Å². The first-order chi connectivity index (χ1) is 14.7. The molecule has 0 saturated heterocycles. The van der Waals surface area contributed by atoms with Gasteiger partial charge in [0.05, 0.1) is 18.8 Å². The summed E-state index contributed by atoms with van der Waals surface area (Å²) in [5.41, 5.74) is 3.66. The molecule has 160 valence electrons. The average molecular weight is 410 g/mol. The van der Waals surface area contributed by atoms with Crippen LogP contribution in [0.25, 0.3) is 0 Å². The second kappa shape index (κ2) is 10.1. The molecule has 0 amide bonds. The molecule has 30 heavy (non-hydrogen) atoms. The number of ether oxygens (including phenoxy) is 2. The number of aromatic carboxylic acids is 1. The Kier molecular flexibility index (Phi) is 7.03. The number of nitrogens with zero attached hydrogens (tertiary/aromatic N) is 1. The Labute approximate surface area is 178 Å². The van der Waals surface area contributed by atoms with Crippen molar-refractivity contribution in [2.75, 3.05) is 26.4 Å². The van der Waals surface area contributed by atoms with Crippen LogP contribution in [-0.4, -0.2) is 48.4 Å². The number of benzene rings is 2. The molecule has 1 aliphatic heterocycles. The number of carboxylic acids is 1. The van der Waals surface area contributed by atoms with Crippen molar-refractivity contribution in [2.24, 2.45) is 0 Å². The molecule has 5 nitrogen and oxygen atoms in total. The van der Waals surface area contributed by atoms with E-state index in [1.54, 1.807) is 18.2 Å². The van der Waals surface area contributed by atoms with Gasteiger partial charge in [-0.3, -0.25) is 4.90 Å². The van der Waals surface area contributed by atoms with Gasteiger partial charge >= 0.3 is 5.97 Å². The third-order valence-corrected chi connectivity index (χ3v) is 6.18. The second-order valence-electron chi connectivity index (χ2n) is 8.35. The molecule has 2 bridgehead atoms. The lowest BCUT2D eigenvalue weighted by atomic mass is 9.93. The van der Waals surface area contributed by atoms with Crippen LogP contribution in [0.2, 0.25) is 0 Å². The van der Waals surface area contributed by atoms with Gasteiger partial charge in [-0.2, -0.15) is 0 Å². The number of fused-ring (bicyclic) bond motifs is 3. The molecule has 0 aromatic heterocycles. The minimum absolute atomic E-state index is 0.286. The molecule has 1 saturated carbocycles. The van der Waals surface area contributed by atoms with Crippen LogP contribution in [0.15, 0.2) is 42.5 Å². The lowest BCUT2D eigenvalue weighted by molar-refractivity contribution is 0.0574. The maximum Gasteiger partial charge on any atom is 0.335 e. The molecule has 1 N–H and O–H groups in total. The summed E-state index contributed by atoms with van der Waals surface area (Å²) >= 11 is 0. The summed E-state index contributed by atoms with van der Waals surface area (Å²) in [5.74, 6) is -0.188. The number of carboxylic acid groups (broad SMARTS) is 1. The van der Waals surface area contributed by atoms with E-state index in [4.69, 9.17) is 9.47 Å². The van der Waals surface area contributed by atoms with Gasteiger partial charge in [-0.1, -0.05) is 43.5 Å². The average Bonchev–Trinajstić information content (AvgIpc) is 2.76. The van der Waals surface area contributed by atoms with Crippen LogP contribution < -0.4 is 4.74 Å². The Bertz CT molecular complexity index is 860. The molecular weight excluding hydrogens is 378 g/mol. The largest absolute Gasteiger partial charge is 0.491 e. The van der Waals surface area contributed by atoms with Crippen LogP contribution in [0.3, 0.4) is 0 Å². The predicted molar refractivity (Wildman–Crippen MR) is 116 cm³/mol. The Morgan fingerprint density at radius 1 is 0.967 bits per heavy atom. The zero-order valence-corrected chi connectivity index (χ0v) is 17.5. The van der Waals surface area contributed by atoms with Crippen molar-refractivity contribution >= 4 is 5.97 Å². The summed E-state index contributed by atoms with van der Waals surface area (Å²) < 4.78 is 11.8. The van der Waals surface area contributed by atoms with E-state index in [1.807, 2.05) is 0 Å². The molecular formula is C25H31NO4. The summed E-state index contributed by atoms with van der Waals surface area (Å²) in [5, 5.41) is 9.39. The summed E-state index contributed by atoms with van der Waals surface area (Å²) in [7, 11) is 0. The maximum atomic E-state index is 11.4. The van der Waals surface area contributed by atoms with Gasteiger partial charge in [0.15, 0.2) is 0 Å². The quantitative estimate of drug-likeness (QED) is 0.790. The third-order valence-electron chi connectivity index (χ3n) is 6.18. The Balaban J connectivity index is 1.61. The molecule has 1 aliphatic carbocycles. The van der Waals surface area contributed by atoms with Crippen molar-refractivity contribution in [2.45, 2.75) is 51.1 Å². The molecule has 4 rings (SSSR count). The highest BCUT2D eigenvalue weighted by Gasteiger charge is 2.21. The van der Waals surface area contributed by atoms with E-state index in [1.165, 1.54) is 43.2 Å². The second-order valence-corrected chi connectivity index (χ2v) is 8.35. The molecule has 1 heterocycles. The Morgan fingerprint density at radius 2 is 1.80 bits per heavy atom. The van der Waals surface area contributed by atoms with Crippen LogP contribution in [0, 0.1) is 0 Å². The fraction of sp³-hybridized carbons (Fsp3) is 0.480. The van der Waals surface area contributed by atoms with Gasteiger partial charge in [-0.25, -0.2) is 4.79 Å². The highest BCUT2D eigenvalue weighted by atomic mass is 16.5. The normalized spacial score (nSPS) is 19.3. The minimum atomic E-state index is -0.919. The van der Waals surface area contributed by atoms with E-state index in [0.717, 1.165) is 24.4 Å². The first-order valence-electron chi connectivity index (χ1n) is 11.1. The zero-order valence-electron chi connectivity index (χ0n) is 17.5. The topological polar surface area (TPSA) is 59.0 Å². The standard InChI is InChI=1S/C25H31NO4/c27-25(28)21-9-10-24-22(17-21)16-19-5-4-6-20(15-19)18-26(11-12-29-13-14-30-24)23-7-2-1-3-8-23/h4-6,9-10,15,17,23H,1-3,7-8,11-14,16,18H2,(H,27,28). The highest BCUT2D eigenvalue weighted by molar-refractivity contribution is 5.88. The van der Waals surface area contributed by atoms with Crippen LogP contribution in [0.5, 0.6) is 5.75 Å². The number of rotatable bonds is 2. The lowest BCUT2D eigenvalue weighted by Crippen LogP contribution is -2.38. The molecule has 0 unspecified atom stereocenters. The fourth-order valence-corrected chi connectivity index (χ4v) is 4.62. The van der Waals surface area contributed by atoms with Gasteiger partial charge in [-0.05, 0) is 47.7 Å². The molecule has 0 spiro atoms. The molecule has 2 aromatic carbocycles. The summed E-state index contributed by atoms with van der Waals surface area (Å²) in [4.78, 5) is 14.0. The van der Waals surface area contributed by atoms with E-state index in [0.29, 0.717) is 32.3 Å². The van der Waals surface area contributed by atoms with Crippen molar-refractivity contribution in [1.82, 2.24) is 4.90 Å².